The molecule has 0 radical (unpaired) electrons. The molecule has 0 unspecified atom stereocenters. The number of phenols is 1. The first-order valence-corrected chi connectivity index (χ1v) is 5.58. The Morgan fingerprint density at radius 1 is 1.42 bits per heavy atom. The van der Waals surface area contributed by atoms with Gasteiger partial charge in [0, 0.05) is 17.1 Å². The second-order valence-corrected chi connectivity index (χ2v) is 4.13. The molecule has 2 aromatic rings. The molecule has 0 aliphatic heterocycles. The molecule has 1 heterocycles. The second kappa shape index (κ2) is 4.82. The number of benzene rings is 1. The van der Waals surface area contributed by atoms with E-state index in [0.29, 0.717) is 0 Å². The van der Waals surface area contributed by atoms with Crippen LogP contribution in [-0.4, -0.2) is 28.6 Å². The number of aromatic hydroxyl groups is 1. The van der Waals surface area contributed by atoms with Gasteiger partial charge < -0.3 is 5.11 Å². The molecular weight excluding hydrogens is 250 g/mol. The van der Waals surface area contributed by atoms with Gasteiger partial charge in [0.15, 0.2) is 0 Å². The molecule has 2 rings (SSSR count). The Labute approximate surface area is 109 Å². The normalized spacial score (nSPS) is 11.7. The molecule has 5 heteroatoms. The molecule has 1 N–H and O–H groups in total. The van der Waals surface area contributed by atoms with Crippen LogP contribution in [0.3, 0.4) is 0 Å². The quantitative estimate of drug-likeness (QED) is 0.682. The topological polar surface area (TPSA) is 36.4 Å². The van der Waals surface area contributed by atoms with Crippen LogP contribution in [0.2, 0.25) is 0 Å². The number of terminal acetylenes is 1. The maximum Gasteiger partial charge on any atom is 0.332 e. The lowest BCUT2D eigenvalue weighted by Crippen LogP contribution is -2.36. The minimum absolute atomic E-state index is 0.130. The smallest absolute Gasteiger partial charge is 0.332 e. The monoisotopic (exact) mass is 262 g/mol. The van der Waals surface area contributed by atoms with E-state index in [-0.39, 0.29) is 28.8 Å². The van der Waals surface area contributed by atoms with Gasteiger partial charge in [0.25, 0.3) is 0 Å². The molecular formula is C14H12F2N2O. The van der Waals surface area contributed by atoms with Gasteiger partial charge in [0.05, 0.1) is 6.54 Å². The van der Waals surface area contributed by atoms with Crippen molar-refractivity contribution >= 4 is 10.9 Å². The van der Waals surface area contributed by atoms with E-state index in [2.05, 4.69) is 10.9 Å². The third-order valence-corrected chi connectivity index (χ3v) is 2.88. The summed E-state index contributed by atoms with van der Waals surface area (Å²) in [5.74, 6) is 2.05. The summed E-state index contributed by atoms with van der Waals surface area (Å²) in [5.41, 5.74) is -0.0834. The molecule has 0 atom stereocenters. The zero-order valence-electron chi connectivity index (χ0n) is 10.3. The number of hydrogen-bond acceptors (Lipinski definition) is 3. The van der Waals surface area contributed by atoms with E-state index in [1.54, 1.807) is 6.07 Å². The van der Waals surface area contributed by atoms with Crippen molar-refractivity contribution in [3.63, 3.8) is 0 Å². The maximum atomic E-state index is 14.3. The van der Waals surface area contributed by atoms with E-state index in [9.17, 15) is 13.9 Å². The highest BCUT2D eigenvalue weighted by Gasteiger charge is 2.38. The number of alkyl halides is 2. The van der Waals surface area contributed by atoms with Gasteiger partial charge >= 0.3 is 6.05 Å². The number of pyridine rings is 1. The zero-order chi connectivity index (χ0) is 14.0. The summed E-state index contributed by atoms with van der Waals surface area (Å²) in [7, 11) is 1.24. The fourth-order valence-electron chi connectivity index (χ4n) is 1.86. The van der Waals surface area contributed by atoms with Crippen molar-refractivity contribution in [2.75, 3.05) is 13.6 Å². The number of aromatic nitrogens is 1. The van der Waals surface area contributed by atoms with Gasteiger partial charge in [-0.15, -0.1) is 6.42 Å². The number of phenolic OH excluding ortho intramolecular Hbond substituents is 1. The SMILES string of the molecule is C#CCN(C)C(F)(F)c1ccc(O)c2ncccc12. The Balaban J connectivity index is 2.63. The van der Waals surface area contributed by atoms with Crippen molar-refractivity contribution in [3.05, 3.63) is 36.0 Å². The molecule has 0 aliphatic carbocycles. The predicted molar refractivity (Wildman–Crippen MR) is 68.8 cm³/mol. The summed E-state index contributed by atoms with van der Waals surface area (Å²) in [6, 6.07) is 2.20. The van der Waals surface area contributed by atoms with Crippen LogP contribution in [0, 0.1) is 12.3 Å². The molecule has 1 aromatic heterocycles. The molecule has 0 bridgehead atoms. The van der Waals surface area contributed by atoms with Crippen molar-refractivity contribution in [3.8, 4) is 18.1 Å². The van der Waals surface area contributed by atoms with Crippen LogP contribution in [0.25, 0.3) is 10.9 Å². The second-order valence-electron chi connectivity index (χ2n) is 4.13. The first-order valence-electron chi connectivity index (χ1n) is 5.58. The molecule has 0 aliphatic rings. The van der Waals surface area contributed by atoms with Crippen LogP contribution in [0.4, 0.5) is 8.78 Å². The average molecular weight is 262 g/mol. The summed E-state index contributed by atoms with van der Waals surface area (Å²) in [6.07, 6.45) is 6.50. The summed E-state index contributed by atoms with van der Waals surface area (Å²) in [6.45, 7) is -0.185. The van der Waals surface area contributed by atoms with E-state index in [1.807, 2.05) is 0 Å². The van der Waals surface area contributed by atoms with Crippen LogP contribution >= 0.6 is 0 Å². The highest BCUT2D eigenvalue weighted by atomic mass is 19.3. The summed E-state index contributed by atoms with van der Waals surface area (Å²) >= 11 is 0. The van der Waals surface area contributed by atoms with Gasteiger partial charge in [0.1, 0.15) is 11.3 Å². The van der Waals surface area contributed by atoms with Crippen molar-refractivity contribution in [2.45, 2.75) is 6.05 Å². The number of hydrogen-bond donors (Lipinski definition) is 1. The van der Waals surface area contributed by atoms with Gasteiger partial charge in [-0.2, -0.15) is 8.78 Å². The molecule has 19 heavy (non-hydrogen) atoms. The van der Waals surface area contributed by atoms with Crippen molar-refractivity contribution in [1.82, 2.24) is 9.88 Å². The molecule has 1 aromatic carbocycles. The molecule has 0 amide bonds. The Bertz CT molecular complexity index is 649. The molecule has 3 nitrogen and oxygen atoms in total. The summed E-state index contributed by atoms with van der Waals surface area (Å²) < 4.78 is 28.6. The Morgan fingerprint density at radius 2 is 2.16 bits per heavy atom. The molecule has 0 saturated carbocycles. The maximum absolute atomic E-state index is 14.3. The van der Waals surface area contributed by atoms with Gasteiger partial charge in [0.2, 0.25) is 0 Å². The standard InChI is InChI=1S/C14H12F2N2O/c1-3-9-18(2)14(15,16)11-6-7-12(19)13-10(11)5-4-8-17-13/h1,4-8,19H,9H2,2H3. The highest BCUT2D eigenvalue weighted by molar-refractivity contribution is 5.87. The third kappa shape index (κ3) is 2.23. The number of halogens is 2. The van der Waals surface area contributed by atoms with Crippen molar-refractivity contribution in [2.24, 2.45) is 0 Å². The molecule has 98 valence electrons. The molecule has 0 fully saturated rings. The molecule has 0 spiro atoms. The number of fused-ring (bicyclic) bond motifs is 1. The predicted octanol–water partition coefficient (Wildman–Crippen LogP) is 2.55. The third-order valence-electron chi connectivity index (χ3n) is 2.88. The van der Waals surface area contributed by atoms with Gasteiger partial charge in [-0.05, 0) is 25.2 Å². The van der Waals surface area contributed by atoms with E-state index in [0.717, 1.165) is 4.90 Å². The summed E-state index contributed by atoms with van der Waals surface area (Å²) in [5, 5.41) is 9.85. The van der Waals surface area contributed by atoms with Crippen LogP contribution in [0.15, 0.2) is 30.5 Å². The Kier molecular flexibility index (Phi) is 3.36. The fourth-order valence-corrected chi connectivity index (χ4v) is 1.86. The number of nitrogens with zero attached hydrogens (tertiary/aromatic N) is 2. The average Bonchev–Trinajstić information content (AvgIpc) is 2.39. The fraction of sp³-hybridized carbons (Fsp3) is 0.214. The Hall–Kier alpha value is -2.19. The lowest BCUT2D eigenvalue weighted by molar-refractivity contribution is -0.135. The van der Waals surface area contributed by atoms with Gasteiger partial charge in [-0.1, -0.05) is 12.0 Å². The van der Waals surface area contributed by atoms with E-state index in [1.165, 1.54) is 31.4 Å². The first-order chi connectivity index (χ1) is 8.98. The minimum atomic E-state index is -3.23. The first kappa shape index (κ1) is 13.2. The van der Waals surface area contributed by atoms with Crippen LogP contribution in [-0.2, 0) is 6.05 Å². The van der Waals surface area contributed by atoms with Crippen molar-refractivity contribution in [1.29, 1.82) is 0 Å². The van der Waals surface area contributed by atoms with Crippen LogP contribution in [0.5, 0.6) is 5.75 Å². The van der Waals surface area contributed by atoms with E-state index in [4.69, 9.17) is 6.42 Å². The number of rotatable bonds is 3. The van der Waals surface area contributed by atoms with E-state index >= 15 is 0 Å². The van der Waals surface area contributed by atoms with Gasteiger partial charge in [-0.25, -0.2) is 4.90 Å². The van der Waals surface area contributed by atoms with Crippen LogP contribution < -0.4 is 0 Å². The lowest BCUT2D eigenvalue weighted by Gasteiger charge is -2.27. The van der Waals surface area contributed by atoms with Gasteiger partial charge in [-0.3, -0.25) is 4.98 Å². The van der Waals surface area contributed by atoms with Crippen molar-refractivity contribution < 1.29 is 13.9 Å². The molecule has 0 saturated heterocycles. The lowest BCUT2D eigenvalue weighted by atomic mass is 10.1. The highest BCUT2D eigenvalue weighted by Crippen LogP contribution is 2.37. The van der Waals surface area contributed by atoms with E-state index < -0.39 is 6.05 Å². The summed E-state index contributed by atoms with van der Waals surface area (Å²) in [4.78, 5) is 4.69. The Morgan fingerprint density at radius 3 is 2.84 bits per heavy atom. The van der Waals surface area contributed by atoms with Crippen LogP contribution in [0.1, 0.15) is 5.56 Å². The zero-order valence-corrected chi connectivity index (χ0v) is 10.3. The minimum Gasteiger partial charge on any atom is -0.506 e. The largest absolute Gasteiger partial charge is 0.506 e.